The fraction of sp³-hybridized carbons (Fsp3) is 0.0602. The average molecular weight is 1100 g/mol. The first-order valence-electron chi connectivity index (χ1n) is 30.0. The molecule has 16 rings (SSSR count). The molecule has 86 heavy (non-hydrogen) atoms. The van der Waals surface area contributed by atoms with Crippen LogP contribution in [0.4, 0.5) is 51.2 Å². The number of benzene rings is 15. The van der Waals surface area contributed by atoms with Crippen LogP contribution in [0.15, 0.2) is 297 Å². The van der Waals surface area contributed by atoms with Crippen molar-refractivity contribution in [2.75, 3.05) is 14.7 Å². The number of fused-ring (bicyclic) bond motifs is 14. The molecule has 0 saturated carbocycles. The maximum Gasteiger partial charge on any atom is 0.0742 e. The highest BCUT2D eigenvalue weighted by atomic mass is 15.2. The third kappa shape index (κ3) is 7.96. The van der Waals surface area contributed by atoms with E-state index in [4.69, 9.17) is 0 Å². The molecule has 0 radical (unpaired) electrons. The highest BCUT2D eigenvalue weighted by Crippen LogP contribution is 2.58. The summed E-state index contributed by atoms with van der Waals surface area (Å²) in [4.78, 5) is 7.34. The maximum atomic E-state index is 2.45. The lowest BCUT2D eigenvalue weighted by Gasteiger charge is -2.46. The second-order valence-electron chi connectivity index (χ2n) is 23.4. The van der Waals surface area contributed by atoms with Gasteiger partial charge in [-0.05, 0) is 234 Å². The quantitative estimate of drug-likeness (QED) is 0.133. The SMILES string of the molecule is Cc1ccc(N(c2ccc(C3(c4ccc(N(c5ccc(C)c(C)c5)c5ccc6c7ccccc7c7ccccc7c6c5)cc4)c4ccccc4N(c4ccccc4)c4ccccc43)cc2)c2ccc3c4ccccc4c4ccccc4c3c2)cc1C. The largest absolute Gasteiger partial charge is 0.310 e. The van der Waals surface area contributed by atoms with Crippen molar-refractivity contribution in [1.29, 1.82) is 0 Å². The summed E-state index contributed by atoms with van der Waals surface area (Å²) >= 11 is 0. The second-order valence-corrected chi connectivity index (χ2v) is 23.4. The Hall–Kier alpha value is -10.7. The van der Waals surface area contributed by atoms with Gasteiger partial charge in [-0.3, -0.25) is 0 Å². The molecule has 0 unspecified atom stereocenters. The summed E-state index contributed by atoms with van der Waals surface area (Å²) in [5.74, 6) is 0. The summed E-state index contributed by atoms with van der Waals surface area (Å²) in [5.41, 5.74) is 19.1. The van der Waals surface area contributed by atoms with Crippen LogP contribution in [0.3, 0.4) is 0 Å². The molecule has 1 aliphatic rings. The molecule has 0 fully saturated rings. The van der Waals surface area contributed by atoms with Crippen LogP contribution in [-0.2, 0) is 5.41 Å². The van der Waals surface area contributed by atoms with Gasteiger partial charge >= 0.3 is 0 Å². The molecule has 1 aliphatic heterocycles. The molecule has 0 amide bonds. The van der Waals surface area contributed by atoms with Crippen LogP contribution in [0.2, 0.25) is 0 Å². The summed E-state index contributed by atoms with van der Waals surface area (Å²) in [5, 5.41) is 15.1. The van der Waals surface area contributed by atoms with Crippen LogP contribution in [0.1, 0.15) is 44.5 Å². The van der Waals surface area contributed by atoms with E-state index in [-0.39, 0.29) is 0 Å². The van der Waals surface area contributed by atoms with E-state index in [1.165, 1.54) is 109 Å². The molecule has 0 spiro atoms. The van der Waals surface area contributed by atoms with Gasteiger partial charge in [0.25, 0.3) is 0 Å². The minimum atomic E-state index is -0.752. The molecule has 3 heteroatoms. The average Bonchev–Trinajstić information content (AvgIpc) is 0.731. The predicted molar refractivity (Wildman–Crippen MR) is 366 cm³/mol. The Morgan fingerprint density at radius 1 is 0.233 bits per heavy atom. The van der Waals surface area contributed by atoms with Gasteiger partial charge in [-0.1, -0.05) is 200 Å². The molecule has 0 saturated heterocycles. The van der Waals surface area contributed by atoms with Crippen LogP contribution >= 0.6 is 0 Å². The fourth-order valence-corrected chi connectivity index (χ4v) is 14.3. The van der Waals surface area contributed by atoms with Crippen LogP contribution in [0, 0.1) is 27.7 Å². The number of anilines is 9. The van der Waals surface area contributed by atoms with E-state index in [1.807, 2.05) is 0 Å². The van der Waals surface area contributed by atoms with E-state index in [0.717, 1.165) is 51.2 Å². The van der Waals surface area contributed by atoms with Crippen LogP contribution in [-0.4, -0.2) is 0 Å². The molecule has 0 aromatic heterocycles. The van der Waals surface area contributed by atoms with E-state index in [2.05, 4.69) is 340 Å². The lowest BCUT2D eigenvalue weighted by molar-refractivity contribution is 0.731. The second kappa shape index (κ2) is 20.3. The van der Waals surface area contributed by atoms with Crippen LogP contribution in [0.25, 0.3) is 64.6 Å². The first-order valence-corrected chi connectivity index (χ1v) is 30.0. The monoisotopic (exact) mass is 1100 g/mol. The number of para-hydroxylation sites is 3. The van der Waals surface area contributed by atoms with Crippen molar-refractivity contribution in [3.63, 3.8) is 0 Å². The van der Waals surface area contributed by atoms with Gasteiger partial charge in [0.05, 0.1) is 16.8 Å². The fourth-order valence-electron chi connectivity index (χ4n) is 14.3. The van der Waals surface area contributed by atoms with Crippen molar-refractivity contribution in [3.05, 3.63) is 342 Å². The van der Waals surface area contributed by atoms with Crippen molar-refractivity contribution >= 4 is 116 Å². The summed E-state index contributed by atoms with van der Waals surface area (Å²) in [6.07, 6.45) is 0. The normalized spacial score (nSPS) is 12.7. The molecular formula is C83H61N3. The summed E-state index contributed by atoms with van der Waals surface area (Å²) < 4.78 is 0. The summed E-state index contributed by atoms with van der Waals surface area (Å²) in [6.45, 7) is 8.84. The van der Waals surface area contributed by atoms with Crippen molar-refractivity contribution in [2.24, 2.45) is 0 Å². The smallest absolute Gasteiger partial charge is 0.0742 e. The lowest BCUT2D eigenvalue weighted by Crippen LogP contribution is -2.37. The van der Waals surface area contributed by atoms with Crippen molar-refractivity contribution in [1.82, 2.24) is 0 Å². The van der Waals surface area contributed by atoms with Gasteiger partial charge in [0.1, 0.15) is 0 Å². The van der Waals surface area contributed by atoms with Gasteiger partial charge in [0, 0.05) is 39.8 Å². The van der Waals surface area contributed by atoms with E-state index in [9.17, 15) is 0 Å². The first kappa shape index (κ1) is 50.9. The highest BCUT2D eigenvalue weighted by molar-refractivity contribution is 6.27. The van der Waals surface area contributed by atoms with Gasteiger partial charge in [0.2, 0.25) is 0 Å². The summed E-state index contributed by atoms with van der Waals surface area (Å²) in [7, 11) is 0. The number of hydrogen-bond donors (Lipinski definition) is 0. The van der Waals surface area contributed by atoms with Crippen molar-refractivity contribution < 1.29 is 0 Å². The van der Waals surface area contributed by atoms with Gasteiger partial charge in [-0.15, -0.1) is 0 Å². The van der Waals surface area contributed by atoms with E-state index < -0.39 is 5.41 Å². The number of hydrogen-bond acceptors (Lipinski definition) is 3. The molecule has 15 aromatic carbocycles. The molecular weight excluding hydrogens is 1040 g/mol. The highest BCUT2D eigenvalue weighted by Gasteiger charge is 2.46. The zero-order valence-corrected chi connectivity index (χ0v) is 48.6. The van der Waals surface area contributed by atoms with Crippen LogP contribution in [0.5, 0.6) is 0 Å². The molecule has 408 valence electrons. The zero-order chi connectivity index (χ0) is 57.6. The van der Waals surface area contributed by atoms with Gasteiger partial charge < -0.3 is 14.7 Å². The minimum absolute atomic E-state index is 0.752. The number of aryl methyl sites for hydroxylation is 4. The predicted octanol–water partition coefficient (Wildman–Crippen LogP) is 22.9. The van der Waals surface area contributed by atoms with E-state index in [1.54, 1.807) is 0 Å². The Bertz CT molecular complexity index is 4800. The van der Waals surface area contributed by atoms with Gasteiger partial charge in [0.15, 0.2) is 0 Å². The third-order valence-electron chi connectivity index (χ3n) is 18.7. The zero-order valence-electron chi connectivity index (χ0n) is 48.6. The molecule has 1 heterocycles. The lowest BCUT2D eigenvalue weighted by atomic mass is 9.62. The third-order valence-corrected chi connectivity index (χ3v) is 18.7. The Labute approximate surface area is 502 Å². The Morgan fingerprint density at radius 3 is 0.895 bits per heavy atom. The molecule has 0 N–H and O–H groups in total. The Kier molecular flexibility index (Phi) is 12.0. The molecule has 0 bridgehead atoms. The van der Waals surface area contributed by atoms with E-state index in [0.29, 0.717) is 0 Å². The summed E-state index contributed by atoms with van der Waals surface area (Å²) in [6, 6.07) is 111. The minimum Gasteiger partial charge on any atom is -0.310 e. The molecule has 15 aromatic rings. The molecule has 0 atom stereocenters. The van der Waals surface area contributed by atoms with Crippen LogP contribution < -0.4 is 14.7 Å². The first-order chi connectivity index (χ1) is 42.3. The van der Waals surface area contributed by atoms with Crippen molar-refractivity contribution in [2.45, 2.75) is 33.1 Å². The Balaban J connectivity index is 0.902. The van der Waals surface area contributed by atoms with Crippen molar-refractivity contribution in [3.8, 4) is 0 Å². The van der Waals surface area contributed by atoms with E-state index >= 15 is 0 Å². The maximum absolute atomic E-state index is 2.45. The van der Waals surface area contributed by atoms with Gasteiger partial charge in [-0.2, -0.15) is 0 Å². The van der Waals surface area contributed by atoms with Gasteiger partial charge in [-0.25, -0.2) is 0 Å². The molecule has 3 nitrogen and oxygen atoms in total. The standard InChI is InChI=1S/C83H61N3/c1-54-34-40-63(50-56(54)3)84(65-46-48-75-71-26-10-8-22-67(71)69-24-12-14-28-73(69)77(75)52-65)61-42-36-58(37-43-61)83(79-30-16-18-32-81(79)86(60-20-6-5-7-21-60)82-33-19-17-31-80(82)83)59-38-44-62(45-39-59)85(64-41-35-55(2)57(4)51-64)66-47-49-76-72-27-11-9-23-68(72)70-25-13-15-29-74(70)78(76)53-66/h5-53H,1-4H3. The number of nitrogens with zero attached hydrogens (tertiary/aromatic N) is 3. The molecule has 0 aliphatic carbocycles. The number of rotatable bonds is 9. The Morgan fingerprint density at radius 2 is 0.523 bits per heavy atom. The topological polar surface area (TPSA) is 9.72 Å².